The van der Waals surface area contributed by atoms with Crippen molar-refractivity contribution in [3.63, 3.8) is 0 Å². The second kappa shape index (κ2) is 7.28. The average molecular weight is 347 g/mol. The molecule has 0 saturated carbocycles. The first kappa shape index (κ1) is 19.4. The number of carbonyl (C=O) groups is 2. The van der Waals surface area contributed by atoms with Crippen LogP contribution in [0.25, 0.3) is 0 Å². The van der Waals surface area contributed by atoms with Gasteiger partial charge in [-0.1, -0.05) is 0 Å². The molecule has 1 rings (SSSR count). The molecule has 132 valence electrons. The molecule has 1 aromatic rings. The number of aryl methyl sites for hydroxylation is 1. The maximum atomic E-state index is 12.7. The molecule has 2 amide bonds. The summed E-state index contributed by atoms with van der Waals surface area (Å²) in [6.45, 7) is -0.969. The van der Waals surface area contributed by atoms with Crippen LogP contribution in [0.3, 0.4) is 0 Å². The summed E-state index contributed by atoms with van der Waals surface area (Å²) in [6, 6.07) is 3.20. The Morgan fingerprint density at radius 3 is 2.25 bits per heavy atom. The van der Waals surface area contributed by atoms with Gasteiger partial charge in [-0.15, -0.1) is 0 Å². The van der Waals surface area contributed by atoms with Gasteiger partial charge in [0, 0.05) is 31.8 Å². The number of rotatable bonds is 5. The minimum absolute atomic E-state index is 0.128. The molecular weight excluding hydrogens is 331 g/mol. The van der Waals surface area contributed by atoms with Gasteiger partial charge in [-0.3, -0.25) is 19.7 Å². The first-order valence-electron chi connectivity index (χ1n) is 6.73. The van der Waals surface area contributed by atoms with Gasteiger partial charge in [0.05, 0.1) is 4.92 Å². The predicted molar refractivity (Wildman–Crippen MR) is 78.5 cm³/mol. The molecule has 0 unspecified atom stereocenters. The minimum atomic E-state index is -4.68. The summed E-state index contributed by atoms with van der Waals surface area (Å²) < 4.78 is 38.1. The summed E-state index contributed by atoms with van der Waals surface area (Å²) in [5.74, 6) is -1.69. The van der Waals surface area contributed by atoms with Gasteiger partial charge < -0.3 is 9.80 Å². The molecule has 1 aromatic carbocycles. The summed E-state index contributed by atoms with van der Waals surface area (Å²) in [6.07, 6.45) is -4.68. The van der Waals surface area contributed by atoms with Gasteiger partial charge in [0.2, 0.25) is 5.91 Å². The van der Waals surface area contributed by atoms with E-state index < -0.39 is 36.0 Å². The number of carbonyl (C=O) groups excluding carboxylic acids is 2. The smallest absolute Gasteiger partial charge is 0.347 e. The van der Waals surface area contributed by atoms with Gasteiger partial charge in [-0.25, -0.2) is 0 Å². The van der Waals surface area contributed by atoms with Crippen LogP contribution in [-0.2, 0) is 4.79 Å². The zero-order valence-corrected chi connectivity index (χ0v) is 13.3. The number of nitrogens with zero attached hydrogens (tertiary/aromatic N) is 3. The van der Waals surface area contributed by atoms with Gasteiger partial charge in [0.1, 0.15) is 13.1 Å². The molecule has 0 N–H and O–H groups in total. The van der Waals surface area contributed by atoms with E-state index in [0.717, 1.165) is 23.1 Å². The summed E-state index contributed by atoms with van der Waals surface area (Å²) in [4.78, 5) is 35.5. The van der Waals surface area contributed by atoms with Gasteiger partial charge in [-0.2, -0.15) is 13.2 Å². The molecule has 0 heterocycles. The highest BCUT2D eigenvalue weighted by molar-refractivity contribution is 5.98. The second-order valence-electron chi connectivity index (χ2n) is 5.32. The first-order chi connectivity index (χ1) is 10.9. The molecule has 0 fully saturated rings. The molecule has 0 radical (unpaired) electrons. The Balaban J connectivity index is 3.15. The summed E-state index contributed by atoms with van der Waals surface area (Å²) in [7, 11) is 2.71. The van der Waals surface area contributed by atoms with Crippen molar-refractivity contribution in [2.24, 2.45) is 0 Å². The van der Waals surface area contributed by atoms with Crippen LogP contribution in [0, 0.1) is 17.0 Å². The maximum absolute atomic E-state index is 12.7. The molecule has 0 saturated heterocycles. The highest BCUT2D eigenvalue weighted by atomic mass is 19.4. The summed E-state index contributed by atoms with van der Waals surface area (Å²) in [5, 5.41) is 10.7. The Labute approximate surface area is 135 Å². The quantitative estimate of drug-likeness (QED) is 0.602. The summed E-state index contributed by atoms with van der Waals surface area (Å²) in [5.41, 5.74) is -0.258. The van der Waals surface area contributed by atoms with Gasteiger partial charge in [0.25, 0.3) is 11.6 Å². The van der Waals surface area contributed by atoms with Crippen LogP contribution in [0.5, 0.6) is 0 Å². The topological polar surface area (TPSA) is 83.8 Å². The largest absolute Gasteiger partial charge is 0.406 e. The van der Waals surface area contributed by atoms with Crippen molar-refractivity contribution in [3.8, 4) is 0 Å². The highest BCUT2D eigenvalue weighted by Gasteiger charge is 2.35. The van der Waals surface area contributed by atoms with E-state index in [-0.39, 0.29) is 16.8 Å². The lowest BCUT2D eigenvalue weighted by molar-refractivity contribution is -0.384. The Kier molecular flexibility index (Phi) is 5.88. The molecule has 7 nitrogen and oxygen atoms in total. The van der Waals surface area contributed by atoms with E-state index >= 15 is 0 Å². The molecule has 0 atom stereocenters. The SMILES string of the molecule is Cc1cc([N+](=O)[O-])ccc1C(=O)N(CC(=O)N(C)C)CC(F)(F)F. The lowest BCUT2D eigenvalue weighted by Gasteiger charge is -2.25. The third-order valence-electron chi connectivity index (χ3n) is 3.13. The van der Waals surface area contributed by atoms with Crippen LogP contribution in [0.4, 0.5) is 18.9 Å². The number of hydrogen-bond donors (Lipinski definition) is 0. The van der Waals surface area contributed by atoms with Gasteiger partial charge in [0.15, 0.2) is 0 Å². The van der Waals surface area contributed by atoms with E-state index in [1.165, 1.54) is 21.0 Å². The van der Waals surface area contributed by atoms with Crippen molar-refractivity contribution in [1.29, 1.82) is 0 Å². The fraction of sp³-hybridized carbons (Fsp3) is 0.429. The van der Waals surface area contributed by atoms with Crippen LogP contribution in [0.1, 0.15) is 15.9 Å². The molecular formula is C14H16F3N3O4. The van der Waals surface area contributed by atoms with Crippen molar-refractivity contribution < 1.29 is 27.7 Å². The van der Waals surface area contributed by atoms with Gasteiger partial charge >= 0.3 is 6.18 Å². The van der Waals surface area contributed by atoms with Crippen molar-refractivity contribution in [1.82, 2.24) is 9.80 Å². The number of nitro groups is 1. The first-order valence-corrected chi connectivity index (χ1v) is 6.73. The molecule has 0 aromatic heterocycles. The molecule has 0 aliphatic heterocycles. The standard InChI is InChI=1S/C14H16F3N3O4/c1-9-6-10(20(23)24)4-5-11(9)13(22)19(8-14(15,16)17)7-12(21)18(2)3/h4-6H,7-8H2,1-3H3. The number of alkyl halides is 3. The molecule has 0 bridgehead atoms. The Hall–Kier alpha value is -2.65. The predicted octanol–water partition coefficient (Wildman–Crippen LogP) is 2.00. The molecule has 0 aliphatic rings. The van der Waals surface area contributed by atoms with Crippen LogP contribution >= 0.6 is 0 Å². The third-order valence-corrected chi connectivity index (χ3v) is 3.13. The normalized spacial score (nSPS) is 11.1. The van der Waals surface area contributed by atoms with Crippen LogP contribution in [0.2, 0.25) is 0 Å². The molecule has 0 aliphatic carbocycles. The Morgan fingerprint density at radius 1 is 1.25 bits per heavy atom. The van der Waals surface area contributed by atoms with Crippen LogP contribution < -0.4 is 0 Å². The Morgan fingerprint density at radius 2 is 1.83 bits per heavy atom. The van der Waals surface area contributed by atoms with E-state index in [1.54, 1.807) is 0 Å². The van der Waals surface area contributed by atoms with Crippen LogP contribution in [-0.4, -0.2) is 59.9 Å². The monoisotopic (exact) mass is 347 g/mol. The Bertz CT molecular complexity index is 659. The third kappa shape index (κ3) is 5.21. The van der Waals surface area contributed by atoms with Gasteiger partial charge in [-0.05, 0) is 18.6 Å². The van der Waals surface area contributed by atoms with Crippen molar-refractivity contribution in [3.05, 3.63) is 39.4 Å². The number of amides is 2. The molecule has 0 spiro atoms. The number of non-ortho nitro benzene ring substituents is 1. The minimum Gasteiger partial charge on any atom is -0.347 e. The zero-order valence-electron chi connectivity index (χ0n) is 13.3. The molecule has 24 heavy (non-hydrogen) atoms. The fourth-order valence-corrected chi connectivity index (χ4v) is 1.89. The lowest BCUT2D eigenvalue weighted by Crippen LogP contribution is -2.45. The average Bonchev–Trinajstić information content (AvgIpc) is 2.43. The number of hydrogen-bond acceptors (Lipinski definition) is 4. The number of likely N-dealkylation sites (N-methyl/N-ethyl adjacent to an activating group) is 1. The fourth-order valence-electron chi connectivity index (χ4n) is 1.89. The van der Waals surface area contributed by atoms with E-state index in [0.29, 0.717) is 4.90 Å². The maximum Gasteiger partial charge on any atom is 0.406 e. The number of nitro benzene ring substituents is 1. The van der Waals surface area contributed by atoms with Crippen LogP contribution in [0.15, 0.2) is 18.2 Å². The number of halogens is 3. The summed E-state index contributed by atoms with van der Waals surface area (Å²) >= 11 is 0. The van der Waals surface area contributed by atoms with E-state index in [1.807, 2.05) is 0 Å². The number of benzene rings is 1. The molecule has 10 heteroatoms. The lowest BCUT2D eigenvalue weighted by atomic mass is 10.1. The zero-order chi connectivity index (χ0) is 18.7. The van der Waals surface area contributed by atoms with Crippen molar-refractivity contribution in [2.45, 2.75) is 13.1 Å². The van der Waals surface area contributed by atoms with E-state index in [4.69, 9.17) is 0 Å². The highest BCUT2D eigenvalue weighted by Crippen LogP contribution is 2.22. The van der Waals surface area contributed by atoms with E-state index in [9.17, 15) is 32.9 Å². The second-order valence-corrected chi connectivity index (χ2v) is 5.32. The van der Waals surface area contributed by atoms with Crippen molar-refractivity contribution >= 4 is 17.5 Å². The van der Waals surface area contributed by atoms with Crippen molar-refractivity contribution in [2.75, 3.05) is 27.2 Å². The van der Waals surface area contributed by atoms with E-state index in [2.05, 4.69) is 0 Å².